The predicted octanol–water partition coefficient (Wildman–Crippen LogP) is 2.37. The van der Waals surface area contributed by atoms with Crippen molar-refractivity contribution < 1.29 is 5.11 Å². The normalized spacial score (nSPS) is 14.7. The van der Waals surface area contributed by atoms with Gasteiger partial charge in [-0.25, -0.2) is 0 Å². The molecule has 0 aromatic carbocycles. The summed E-state index contributed by atoms with van der Waals surface area (Å²) in [6.45, 7) is 2.24. The molecule has 2 N–H and O–H groups in total. The fourth-order valence-corrected chi connectivity index (χ4v) is 2.26. The first kappa shape index (κ1) is 12.8. The van der Waals surface area contributed by atoms with Crippen molar-refractivity contribution >= 4 is 33.4 Å². The molecular formula is C10H15BrN2OS. The van der Waals surface area contributed by atoms with E-state index >= 15 is 0 Å². The number of nitrogens with one attached hydrogen (secondary N) is 1. The van der Waals surface area contributed by atoms with Gasteiger partial charge in [-0.15, -0.1) is 0 Å². The Morgan fingerprint density at radius 1 is 1.67 bits per heavy atom. The molecule has 84 valence electrons. The first-order chi connectivity index (χ1) is 7.19. The standard InChI is InChI=1S/C10H15BrN2OS/c1-7(10(6-14)15-2)13-9-3-4-12-5-8(9)11/h3-5,7,10,14H,6H2,1-2H3,(H,12,13). The van der Waals surface area contributed by atoms with Gasteiger partial charge in [-0.2, -0.15) is 11.8 Å². The summed E-state index contributed by atoms with van der Waals surface area (Å²) in [5, 5.41) is 12.7. The van der Waals surface area contributed by atoms with Crippen LogP contribution in [0.2, 0.25) is 0 Å². The number of nitrogens with zero attached hydrogens (tertiary/aromatic N) is 1. The van der Waals surface area contributed by atoms with E-state index in [2.05, 4.69) is 33.2 Å². The van der Waals surface area contributed by atoms with E-state index in [9.17, 15) is 0 Å². The molecule has 3 nitrogen and oxygen atoms in total. The maximum Gasteiger partial charge on any atom is 0.0590 e. The molecule has 0 radical (unpaired) electrons. The number of pyridine rings is 1. The zero-order valence-electron chi connectivity index (χ0n) is 8.77. The molecule has 0 fully saturated rings. The number of hydrogen-bond acceptors (Lipinski definition) is 4. The summed E-state index contributed by atoms with van der Waals surface area (Å²) in [4.78, 5) is 4.00. The highest BCUT2D eigenvalue weighted by molar-refractivity contribution is 9.10. The van der Waals surface area contributed by atoms with Crippen LogP contribution < -0.4 is 5.32 Å². The maximum absolute atomic E-state index is 9.16. The number of rotatable bonds is 5. The average Bonchev–Trinajstić information content (AvgIpc) is 2.23. The van der Waals surface area contributed by atoms with Crippen molar-refractivity contribution in [3.8, 4) is 0 Å². The second kappa shape index (κ2) is 6.35. The van der Waals surface area contributed by atoms with Crippen LogP contribution in [-0.2, 0) is 0 Å². The summed E-state index contributed by atoms with van der Waals surface area (Å²) in [6, 6.07) is 2.12. The second-order valence-electron chi connectivity index (χ2n) is 3.25. The van der Waals surface area contributed by atoms with Crippen LogP contribution in [-0.4, -0.2) is 34.2 Å². The van der Waals surface area contributed by atoms with Gasteiger partial charge in [-0.3, -0.25) is 4.98 Å². The zero-order valence-corrected chi connectivity index (χ0v) is 11.2. The Balaban J connectivity index is 2.65. The van der Waals surface area contributed by atoms with E-state index in [1.165, 1.54) is 0 Å². The molecule has 0 aliphatic rings. The van der Waals surface area contributed by atoms with Crippen LogP contribution in [0.25, 0.3) is 0 Å². The average molecular weight is 291 g/mol. The summed E-state index contributed by atoms with van der Waals surface area (Å²) in [5.74, 6) is 0. The molecule has 1 aromatic rings. The minimum absolute atomic E-state index is 0.179. The molecule has 2 atom stereocenters. The molecule has 1 heterocycles. The number of aliphatic hydroxyl groups is 1. The SMILES string of the molecule is CSC(CO)C(C)Nc1ccncc1Br. The Labute approximate surface area is 103 Å². The lowest BCUT2D eigenvalue weighted by Crippen LogP contribution is -2.31. The first-order valence-electron chi connectivity index (χ1n) is 4.68. The van der Waals surface area contributed by atoms with E-state index in [1.807, 2.05) is 12.3 Å². The van der Waals surface area contributed by atoms with Gasteiger partial charge in [0, 0.05) is 23.7 Å². The molecule has 0 aliphatic heterocycles. The van der Waals surface area contributed by atoms with Crippen LogP contribution >= 0.6 is 27.7 Å². The highest BCUT2D eigenvalue weighted by Gasteiger charge is 2.15. The summed E-state index contributed by atoms with van der Waals surface area (Å²) >= 11 is 5.08. The Morgan fingerprint density at radius 2 is 2.40 bits per heavy atom. The van der Waals surface area contributed by atoms with Gasteiger partial charge in [-0.05, 0) is 35.2 Å². The van der Waals surface area contributed by atoms with Crippen LogP contribution in [0.5, 0.6) is 0 Å². The van der Waals surface area contributed by atoms with E-state index in [1.54, 1.807) is 24.2 Å². The minimum Gasteiger partial charge on any atom is -0.395 e. The molecule has 0 saturated carbocycles. The molecule has 15 heavy (non-hydrogen) atoms. The number of anilines is 1. The lowest BCUT2D eigenvalue weighted by Gasteiger charge is -2.22. The van der Waals surface area contributed by atoms with Crippen molar-refractivity contribution in [1.29, 1.82) is 0 Å². The van der Waals surface area contributed by atoms with Gasteiger partial charge in [0.2, 0.25) is 0 Å². The number of hydrogen-bond donors (Lipinski definition) is 2. The molecule has 2 unspecified atom stereocenters. The summed E-state index contributed by atoms with van der Waals surface area (Å²) < 4.78 is 0.939. The largest absolute Gasteiger partial charge is 0.395 e. The van der Waals surface area contributed by atoms with E-state index < -0.39 is 0 Å². The van der Waals surface area contributed by atoms with Crippen LogP contribution in [0.15, 0.2) is 22.9 Å². The predicted molar refractivity (Wildman–Crippen MR) is 69.4 cm³/mol. The monoisotopic (exact) mass is 290 g/mol. The van der Waals surface area contributed by atoms with Crippen LogP contribution in [0, 0.1) is 0 Å². The fraction of sp³-hybridized carbons (Fsp3) is 0.500. The third-order valence-electron chi connectivity index (χ3n) is 2.20. The third-order valence-corrected chi connectivity index (χ3v) is 3.99. The van der Waals surface area contributed by atoms with E-state index in [4.69, 9.17) is 5.11 Å². The Kier molecular flexibility index (Phi) is 5.42. The van der Waals surface area contributed by atoms with Crippen molar-refractivity contribution in [1.82, 2.24) is 4.98 Å². The smallest absolute Gasteiger partial charge is 0.0590 e. The van der Waals surface area contributed by atoms with Crippen LogP contribution in [0.4, 0.5) is 5.69 Å². The Morgan fingerprint density at radius 3 is 2.93 bits per heavy atom. The number of aromatic nitrogens is 1. The van der Waals surface area contributed by atoms with Gasteiger partial charge in [0.15, 0.2) is 0 Å². The van der Waals surface area contributed by atoms with Gasteiger partial charge in [0.05, 0.1) is 16.8 Å². The van der Waals surface area contributed by atoms with E-state index in [0.717, 1.165) is 10.2 Å². The zero-order chi connectivity index (χ0) is 11.3. The van der Waals surface area contributed by atoms with Gasteiger partial charge >= 0.3 is 0 Å². The topological polar surface area (TPSA) is 45.1 Å². The summed E-state index contributed by atoms with van der Waals surface area (Å²) in [7, 11) is 0. The molecule has 0 aliphatic carbocycles. The number of thioether (sulfide) groups is 1. The quantitative estimate of drug-likeness (QED) is 0.874. The third kappa shape index (κ3) is 3.66. The molecule has 0 spiro atoms. The second-order valence-corrected chi connectivity index (χ2v) is 5.18. The van der Waals surface area contributed by atoms with Crippen LogP contribution in [0.3, 0.4) is 0 Å². The summed E-state index contributed by atoms with van der Waals surface area (Å²) in [5.41, 5.74) is 1.00. The van der Waals surface area contributed by atoms with Crippen molar-refractivity contribution in [2.45, 2.75) is 18.2 Å². The number of aliphatic hydroxyl groups excluding tert-OH is 1. The molecular weight excluding hydrogens is 276 g/mol. The maximum atomic E-state index is 9.16. The Hall–Kier alpha value is -0.260. The van der Waals surface area contributed by atoms with Gasteiger partial charge in [0.25, 0.3) is 0 Å². The van der Waals surface area contributed by atoms with Crippen molar-refractivity contribution in [3.63, 3.8) is 0 Å². The van der Waals surface area contributed by atoms with E-state index in [-0.39, 0.29) is 17.9 Å². The Bertz CT molecular complexity index is 307. The highest BCUT2D eigenvalue weighted by Crippen LogP contribution is 2.23. The van der Waals surface area contributed by atoms with Crippen molar-refractivity contribution in [2.24, 2.45) is 0 Å². The van der Waals surface area contributed by atoms with Crippen LogP contribution in [0.1, 0.15) is 6.92 Å². The molecule has 5 heteroatoms. The number of halogens is 1. The fourth-order valence-electron chi connectivity index (χ4n) is 1.27. The minimum atomic E-state index is 0.179. The molecule has 0 bridgehead atoms. The molecule has 0 saturated heterocycles. The highest BCUT2D eigenvalue weighted by atomic mass is 79.9. The molecule has 1 rings (SSSR count). The van der Waals surface area contributed by atoms with E-state index in [0.29, 0.717) is 0 Å². The van der Waals surface area contributed by atoms with Crippen molar-refractivity contribution in [2.75, 3.05) is 18.2 Å². The lowest BCUT2D eigenvalue weighted by atomic mass is 10.2. The van der Waals surface area contributed by atoms with Gasteiger partial charge < -0.3 is 10.4 Å². The van der Waals surface area contributed by atoms with Gasteiger partial charge in [-0.1, -0.05) is 0 Å². The molecule has 1 aromatic heterocycles. The van der Waals surface area contributed by atoms with Gasteiger partial charge in [0.1, 0.15) is 0 Å². The first-order valence-corrected chi connectivity index (χ1v) is 6.76. The van der Waals surface area contributed by atoms with Crippen molar-refractivity contribution in [3.05, 3.63) is 22.9 Å². The summed E-state index contributed by atoms with van der Waals surface area (Å²) in [6.07, 6.45) is 5.50. The molecule has 0 amide bonds. The lowest BCUT2D eigenvalue weighted by molar-refractivity contribution is 0.288.